The smallest absolute Gasteiger partial charge is 0.231 e. The summed E-state index contributed by atoms with van der Waals surface area (Å²) in [4.78, 5) is 19.7. The summed E-state index contributed by atoms with van der Waals surface area (Å²) in [6.07, 6.45) is 2.52. The van der Waals surface area contributed by atoms with E-state index < -0.39 is 0 Å². The Balaban J connectivity index is 1.57. The summed E-state index contributed by atoms with van der Waals surface area (Å²) in [6.45, 7) is 1.98. The lowest BCUT2D eigenvalue weighted by Crippen LogP contribution is -2.62. The molecule has 1 fully saturated rings. The van der Waals surface area contributed by atoms with E-state index in [4.69, 9.17) is 4.74 Å². The zero-order chi connectivity index (χ0) is 19.6. The first-order valence-electron chi connectivity index (χ1n) is 9.54. The maximum Gasteiger partial charge on any atom is 0.231 e. The average molecular weight is 375 g/mol. The molecule has 0 radical (unpaired) electrons. The Morgan fingerprint density at radius 1 is 1.14 bits per heavy atom. The molecule has 5 heteroatoms. The van der Waals surface area contributed by atoms with Gasteiger partial charge in [0.2, 0.25) is 5.91 Å². The summed E-state index contributed by atoms with van der Waals surface area (Å²) >= 11 is 0. The van der Waals surface area contributed by atoms with E-state index in [2.05, 4.69) is 22.4 Å². The second-order valence-corrected chi connectivity index (χ2v) is 7.53. The van der Waals surface area contributed by atoms with Crippen LogP contribution in [0.15, 0.2) is 60.8 Å². The number of nitrogens with zero attached hydrogens (tertiary/aromatic N) is 2. The van der Waals surface area contributed by atoms with E-state index in [-0.39, 0.29) is 11.3 Å². The lowest BCUT2D eigenvalue weighted by atomic mass is 9.75. The molecule has 144 valence electrons. The van der Waals surface area contributed by atoms with Gasteiger partial charge in [0.1, 0.15) is 11.3 Å². The van der Waals surface area contributed by atoms with Gasteiger partial charge >= 0.3 is 0 Å². The van der Waals surface area contributed by atoms with Gasteiger partial charge < -0.3 is 15.0 Å². The van der Waals surface area contributed by atoms with E-state index in [0.717, 1.165) is 41.7 Å². The van der Waals surface area contributed by atoms with Gasteiger partial charge in [-0.2, -0.15) is 0 Å². The van der Waals surface area contributed by atoms with Crippen LogP contribution in [0.25, 0.3) is 10.9 Å². The Morgan fingerprint density at radius 3 is 2.61 bits per heavy atom. The van der Waals surface area contributed by atoms with Crippen LogP contribution in [0.2, 0.25) is 0 Å². The van der Waals surface area contributed by atoms with Gasteiger partial charge in [0.05, 0.1) is 12.5 Å². The summed E-state index contributed by atoms with van der Waals surface area (Å²) in [7, 11) is 3.54. The summed E-state index contributed by atoms with van der Waals surface area (Å²) in [5, 5.41) is 4.31. The molecule has 1 aromatic heterocycles. The molecule has 4 rings (SSSR count). The number of carbonyl (C=O) groups is 1. The first-order valence-corrected chi connectivity index (χ1v) is 9.54. The minimum absolute atomic E-state index is 0.183. The topological polar surface area (TPSA) is 54.5 Å². The highest BCUT2D eigenvalue weighted by molar-refractivity contribution is 5.89. The van der Waals surface area contributed by atoms with Gasteiger partial charge in [-0.15, -0.1) is 0 Å². The first kappa shape index (κ1) is 18.4. The van der Waals surface area contributed by atoms with Crippen molar-refractivity contribution >= 4 is 16.8 Å². The van der Waals surface area contributed by atoms with Crippen molar-refractivity contribution in [1.82, 2.24) is 15.2 Å². The Kier molecular flexibility index (Phi) is 5.01. The van der Waals surface area contributed by atoms with Gasteiger partial charge in [-0.25, -0.2) is 0 Å². The monoisotopic (exact) mass is 375 g/mol. The van der Waals surface area contributed by atoms with Gasteiger partial charge in [-0.3, -0.25) is 9.78 Å². The third-order valence-corrected chi connectivity index (χ3v) is 5.56. The lowest BCUT2D eigenvalue weighted by Gasteiger charge is -2.43. The number of carbonyl (C=O) groups excluding carboxylic acids is 1. The average Bonchev–Trinajstić information content (AvgIpc) is 2.71. The lowest BCUT2D eigenvalue weighted by molar-refractivity contribution is -0.144. The van der Waals surface area contributed by atoms with Crippen LogP contribution in [0.4, 0.5) is 0 Å². The quantitative estimate of drug-likeness (QED) is 0.720. The molecule has 0 unspecified atom stereocenters. The summed E-state index contributed by atoms with van der Waals surface area (Å²) in [6, 6.07) is 18.1. The van der Waals surface area contributed by atoms with Crippen LogP contribution < -0.4 is 10.1 Å². The van der Waals surface area contributed by atoms with Crippen molar-refractivity contribution in [2.45, 2.75) is 13.0 Å². The number of pyridine rings is 1. The Hall–Kier alpha value is -2.92. The number of hydrogen-bond acceptors (Lipinski definition) is 4. The maximum atomic E-state index is 13.4. The van der Waals surface area contributed by atoms with Crippen LogP contribution in [0.1, 0.15) is 11.1 Å². The Labute approximate surface area is 165 Å². The molecular formula is C23H25N3O2. The molecule has 0 bridgehead atoms. The van der Waals surface area contributed by atoms with Crippen LogP contribution >= 0.6 is 0 Å². The molecule has 1 N–H and O–H groups in total. The molecule has 0 atom stereocenters. The highest BCUT2D eigenvalue weighted by Crippen LogP contribution is 2.32. The molecule has 0 spiro atoms. The fourth-order valence-electron chi connectivity index (χ4n) is 4.01. The zero-order valence-corrected chi connectivity index (χ0v) is 16.3. The summed E-state index contributed by atoms with van der Waals surface area (Å²) in [5.74, 6) is 0.931. The van der Waals surface area contributed by atoms with Crippen molar-refractivity contribution in [3.63, 3.8) is 0 Å². The van der Waals surface area contributed by atoms with Gasteiger partial charge in [-0.1, -0.05) is 42.5 Å². The fourth-order valence-corrected chi connectivity index (χ4v) is 4.01. The van der Waals surface area contributed by atoms with Crippen molar-refractivity contribution in [1.29, 1.82) is 0 Å². The van der Waals surface area contributed by atoms with Crippen molar-refractivity contribution in [3.8, 4) is 5.75 Å². The highest BCUT2D eigenvalue weighted by atomic mass is 16.5. The van der Waals surface area contributed by atoms with Crippen molar-refractivity contribution < 1.29 is 9.53 Å². The first-order chi connectivity index (χ1) is 13.6. The predicted molar refractivity (Wildman–Crippen MR) is 110 cm³/mol. The van der Waals surface area contributed by atoms with Crippen LogP contribution in [0, 0.1) is 5.41 Å². The molecule has 28 heavy (non-hydrogen) atoms. The van der Waals surface area contributed by atoms with Crippen LogP contribution in [0.3, 0.4) is 0 Å². The van der Waals surface area contributed by atoms with Gasteiger partial charge in [0.25, 0.3) is 0 Å². The molecular weight excluding hydrogens is 350 g/mol. The van der Waals surface area contributed by atoms with E-state index in [9.17, 15) is 4.79 Å². The fraction of sp³-hybridized carbons (Fsp3) is 0.304. The van der Waals surface area contributed by atoms with Gasteiger partial charge in [0.15, 0.2) is 0 Å². The van der Waals surface area contributed by atoms with E-state index >= 15 is 0 Å². The molecule has 1 saturated heterocycles. The number of ether oxygens (including phenoxy) is 1. The second-order valence-electron chi connectivity index (χ2n) is 7.53. The molecule has 3 aromatic rings. The largest absolute Gasteiger partial charge is 0.494 e. The number of rotatable bonds is 6. The maximum absolute atomic E-state index is 13.4. The Bertz CT molecular complexity index is 984. The normalized spacial score (nSPS) is 15.1. The predicted octanol–water partition coefficient (Wildman–Crippen LogP) is 3.03. The number of benzene rings is 2. The third kappa shape index (κ3) is 3.34. The SMILES string of the molecule is COc1ccc(CN(C)C(=O)C2(Cc3ccccc3)CNC2)c2cccnc12. The minimum atomic E-state index is -0.364. The van der Waals surface area contributed by atoms with Gasteiger partial charge in [0, 0.05) is 38.3 Å². The number of fused-ring (bicyclic) bond motifs is 1. The van der Waals surface area contributed by atoms with Crippen molar-refractivity contribution in [2.75, 3.05) is 27.2 Å². The highest BCUT2D eigenvalue weighted by Gasteiger charge is 2.45. The van der Waals surface area contributed by atoms with Crippen molar-refractivity contribution in [3.05, 3.63) is 71.9 Å². The Morgan fingerprint density at radius 2 is 1.93 bits per heavy atom. The molecule has 0 aliphatic carbocycles. The van der Waals surface area contributed by atoms with E-state index in [1.807, 2.05) is 54.4 Å². The van der Waals surface area contributed by atoms with Crippen LogP contribution in [-0.4, -0.2) is 43.0 Å². The van der Waals surface area contributed by atoms with E-state index in [1.165, 1.54) is 5.56 Å². The number of methoxy groups -OCH3 is 1. The standard InChI is InChI=1S/C23H25N3O2/c1-26(14-18-10-11-20(28-2)21-19(18)9-6-12-25-21)22(27)23(15-24-16-23)13-17-7-4-3-5-8-17/h3-12,24H,13-16H2,1-2H3. The molecule has 0 saturated carbocycles. The molecule has 1 amide bonds. The van der Waals surface area contributed by atoms with Gasteiger partial charge in [-0.05, 0) is 29.7 Å². The van der Waals surface area contributed by atoms with Crippen molar-refractivity contribution in [2.24, 2.45) is 5.41 Å². The number of aromatic nitrogens is 1. The van der Waals surface area contributed by atoms with Crippen LogP contribution in [0.5, 0.6) is 5.75 Å². The number of hydrogen-bond donors (Lipinski definition) is 1. The number of nitrogens with one attached hydrogen (secondary N) is 1. The van der Waals surface area contributed by atoms with E-state index in [0.29, 0.717) is 6.54 Å². The molecule has 1 aliphatic rings. The third-order valence-electron chi connectivity index (χ3n) is 5.56. The zero-order valence-electron chi connectivity index (χ0n) is 16.3. The molecule has 1 aliphatic heterocycles. The van der Waals surface area contributed by atoms with E-state index in [1.54, 1.807) is 13.3 Å². The summed E-state index contributed by atoms with van der Waals surface area (Å²) < 4.78 is 5.43. The van der Waals surface area contributed by atoms with Crippen LogP contribution in [-0.2, 0) is 17.8 Å². The minimum Gasteiger partial charge on any atom is -0.494 e. The molecule has 2 aromatic carbocycles. The number of amides is 1. The second kappa shape index (κ2) is 7.60. The molecule has 5 nitrogen and oxygen atoms in total. The summed E-state index contributed by atoms with van der Waals surface area (Å²) in [5.41, 5.74) is 2.73. The molecule has 2 heterocycles.